The van der Waals surface area contributed by atoms with Crippen molar-refractivity contribution < 1.29 is 9.53 Å². The average molecular weight is 166 g/mol. The number of rotatable bonds is 3. The number of allylic oxidation sites excluding steroid dienone is 1. The van der Waals surface area contributed by atoms with Gasteiger partial charge in [-0.25, -0.2) is 9.79 Å². The van der Waals surface area contributed by atoms with E-state index in [9.17, 15) is 4.79 Å². The van der Waals surface area contributed by atoms with E-state index in [-0.39, 0.29) is 6.61 Å². The molecule has 0 spiro atoms. The molecule has 0 aliphatic rings. The van der Waals surface area contributed by atoms with Crippen molar-refractivity contribution in [3.8, 4) is 12.3 Å². The van der Waals surface area contributed by atoms with Gasteiger partial charge in [-0.2, -0.15) is 0 Å². The number of hydrogen-bond donors (Lipinski definition) is 1. The Kier molecular flexibility index (Phi) is 6.27. The molecule has 0 aromatic carbocycles. The fourth-order valence-corrected chi connectivity index (χ4v) is 0.368. The van der Waals surface area contributed by atoms with Crippen LogP contribution >= 0.6 is 0 Å². The van der Waals surface area contributed by atoms with Gasteiger partial charge in [-0.1, -0.05) is 12.0 Å². The lowest BCUT2D eigenvalue weighted by atomic mass is 10.7. The third-order valence-corrected chi connectivity index (χ3v) is 0.779. The van der Waals surface area contributed by atoms with Gasteiger partial charge in [0.2, 0.25) is 0 Å². The molecule has 0 fully saturated rings. The lowest BCUT2D eigenvalue weighted by Crippen LogP contribution is -2.22. The first-order valence-corrected chi connectivity index (χ1v) is 3.30. The SMILES string of the molecule is C#CCOC(=O)N/C=N\C=C/C. The number of terminal acetylenes is 1. The molecule has 64 valence electrons. The van der Waals surface area contributed by atoms with Gasteiger partial charge in [0.25, 0.3) is 0 Å². The molecular weight excluding hydrogens is 156 g/mol. The summed E-state index contributed by atoms with van der Waals surface area (Å²) in [5.74, 6) is 2.16. The zero-order valence-corrected chi connectivity index (χ0v) is 6.78. The summed E-state index contributed by atoms with van der Waals surface area (Å²) < 4.78 is 4.47. The van der Waals surface area contributed by atoms with E-state index in [0.717, 1.165) is 0 Å². The highest BCUT2D eigenvalue weighted by atomic mass is 16.5. The Morgan fingerprint density at radius 2 is 2.58 bits per heavy atom. The highest BCUT2D eigenvalue weighted by Gasteiger charge is 1.94. The van der Waals surface area contributed by atoms with Gasteiger partial charge in [0.1, 0.15) is 0 Å². The van der Waals surface area contributed by atoms with Crippen LogP contribution in [0, 0.1) is 12.3 Å². The van der Waals surface area contributed by atoms with E-state index in [4.69, 9.17) is 6.42 Å². The van der Waals surface area contributed by atoms with E-state index < -0.39 is 6.09 Å². The number of hydrogen-bond acceptors (Lipinski definition) is 3. The summed E-state index contributed by atoms with van der Waals surface area (Å²) in [6.07, 6.45) is 8.72. The fourth-order valence-electron chi connectivity index (χ4n) is 0.368. The van der Waals surface area contributed by atoms with Crippen molar-refractivity contribution in [2.75, 3.05) is 6.61 Å². The van der Waals surface area contributed by atoms with Gasteiger partial charge in [-0.15, -0.1) is 6.42 Å². The fraction of sp³-hybridized carbons (Fsp3) is 0.250. The van der Waals surface area contributed by atoms with Gasteiger partial charge in [0.15, 0.2) is 6.61 Å². The van der Waals surface area contributed by atoms with E-state index in [1.165, 1.54) is 12.5 Å². The second-order valence-corrected chi connectivity index (χ2v) is 1.69. The Morgan fingerprint density at radius 1 is 1.83 bits per heavy atom. The zero-order valence-electron chi connectivity index (χ0n) is 6.78. The van der Waals surface area contributed by atoms with Crippen LogP contribution in [0.25, 0.3) is 0 Å². The number of carbonyl (C=O) groups is 1. The van der Waals surface area contributed by atoms with Gasteiger partial charge >= 0.3 is 6.09 Å². The highest BCUT2D eigenvalue weighted by molar-refractivity contribution is 5.82. The van der Waals surface area contributed by atoms with Crippen LogP contribution in [0.3, 0.4) is 0 Å². The minimum atomic E-state index is -0.610. The maximum Gasteiger partial charge on any atom is 0.413 e. The topological polar surface area (TPSA) is 50.7 Å². The monoisotopic (exact) mass is 166 g/mol. The Bertz CT molecular complexity index is 226. The number of carbonyl (C=O) groups excluding carboxylic acids is 1. The minimum absolute atomic E-state index is 0.0384. The molecule has 0 rings (SSSR count). The normalized spacial score (nSPS) is 10.0. The van der Waals surface area contributed by atoms with Crippen molar-refractivity contribution in [3.05, 3.63) is 12.3 Å². The van der Waals surface area contributed by atoms with Gasteiger partial charge in [0, 0.05) is 6.20 Å². The lowest BCUT2D eigenvalue weighted by molar-refractivity contribution is 0.166. The molecule has 1 N–H and O–H groups in total. The predicted molar refractivity (Wildman–Crippen MR) is 46.6 cm³/mol. The van der Waals surface area contributed by atoms with Crippen LogP contribution < -0.4 is 5.32 Å². The van der Waals surface area contributed by atoms with Crippen molar-refractivity contribution in [1.29, 1.82) is 0 Å². The molecule has 0 saturated heterocycles. The smallest absolute Gasteiger partial charge is 0.413 e. The summed E-state index contributed by atoms with van der Waals surface area (Å²) in [7, 11) is 0. The number of alkyl carbamates (subject to hydrolysis) is 1. The van der Waals surface area contributed by atoms with Crippen molar-refractivity contribution in [2.45, 2.75) is 6.92 Å². The van der Waals surface area contributed by atoms with Crippen LogP contribution in [0.1, 0.15) is 6.92 Å². The van der Waals surface area contributed by atoms with E-state index in [2.05, 4.69) is 21.0 Å². The minimum Gasteiger partial charge on any atom is -0.436 e. The zero-order chi connectivity index (χ0) is 9.23. The van der Waals surface area contributed by atoms with Crippen LogP contribution in [0.2, 0.25) is 0 Å². The van der Waals surface area contributed by atoms with Crippen LogP contribution in [-0.2, 0) is 4.74 Å². The molecule has 0 aromatic heterocycles. The van der Waals surface area contributed by atoms with Crippen molar-refractivity contribution in [2.24, 2.45) is 4.99 Å². The second-order valence-electron chi connectivity index (χ2n) is 1.69. The Hall–Kier alpha value is -1.76. The summed E-state index contributed by atoms with van der Waals surface area (Å²) in [5.41, 5.74) is 0. The molecule has 12 heavy (non-hydrogen) atoms. The van der Waals surface area contributed by atoms with E-state index in [1.54, 1.807) is 6.08 Å². The van der Waals surface area contributed by atoms with Gasteiger partial charge in [0.05, 0.1) is 6.34 Å². The molecule has 0 aliphatic heterocycles. The molecule has 4 heteroatoms. The molecule has 0 heterocycles. The second kappa shape index (κ2) is 7.35. The summed E-state index contributed by atoms with van der Waals surface area (Å²) >= 11 is 0. The number of ether oxygens (including phenoxy) is 1. The maximum absolute atomic E-state index is 10.6. The van der Waals surface area contributed by atoms with Crippen LogP contribution in [0.4, 0.5) is 4.79 Å². The lowest BCUT2D eigenvalue weighted by Gasteiger charge is -1.96. The Morgan fingerprint density at radius 3 is 3.17 bits per heavy atom. The molecule has 0 atom stereocenters. The third kappa shape index (κ3) is 6.36. The third-order valence-electron chi connectivity index (χ3n) is 0.779. The quantitative estimate of drug-likeness (QED) is 0.385. The van der Waals surface area contributed by atoms with Gasteiger partial charge < -0.3 is 4.74 Å². The molecule has 0 saturated carbocycles. The Balaban J connectivity index is 3.51. The largest absolute Gasteiger partial charge is 0.436 e. The molecule has 0 aromatic rings. The standard InChI is InChI=1S/C8H10N2O2/c1-3-5-9-7-10-8(11)12-6-4-2/h2-3,5,7H,6H2,1H3,(H,9,10,11)/b5-3-. The first-order valence-electron chi connectivity index (χ1n) is 3.30. The number of amides is 1. The Labute approximate surface area is 71.3 Å². The van der Waals surface area contributed by atoms with Gasteiger partial charge in [-0.05, 0) is 6.92 Å². The molecule has 4 nitrogen and oxygen atoms in total. The number of nitrogens with one attached hydrogen (secondary N) is 1. The first kappa shape index (κ1) is 10.2. The number of nitrogens with zero attached hydrogens (tertiary/aromatic N) is 1. The summed E-state index contributed by atoms with van der Waals surface area (Å²) in [4.78, 5) is 14.3. The molecule has 0 aliphatic carbocycles. The van der Waals surface area contributed by atoms with E-state index in [1.807, 2.05) is 6.92 Å². The molecule has 0 radical (unpaired) electrons. The van der Waals surface area contributed by atoms with Crippen molar-refractivity contribution in [1.82, 2.24) is 5.32 Å². The van der Waals surface area contributed by atoms with Crippen LogP contribution in [0.15, 0.2) is 17.3 Å². The van der Waals surface area contributed by atoms with E-state index in [0.29, 0.717) is 0 Å². The highest BCUT2D eigenvalue weighted by Crippen LogP contribution is 1.74. The summed E-state index contributed by atoms with van der Waals surface area (Å²) in [5, 5.41) is 2.25. The van der Waals surface area contributed by atoms with Crippen LogP contribution in [-0.4, -0.2) is 19.0 Å². The molecular formula is C8H10N2O2. The predicted octanol–water partition coefficient (Wildman–Crippen LogP) is 0.908. The summed E-state index contributed by atoms with van der Waals surface area (Å²) in [6.45, 7) is 1.78. The number of aliphatic imine (C=N–C) groups is 1. The molecule has 0 unspecified atom stereocenters. The molecule has 0 bridgehead atoms. The molecule has 1 amide bonds. The average Bonchev–Trinajstić information content (AvgIpc) is 2.09. The van der Waals surface area contributed by atoms with Crippen molar-refractivity contribution in [3.63, 3.8) is 0 Å². The van der Waals surface area contributed by atoms with E-state index >= 15 is 0 Å². The maximum atomic E-state index is 10.6. The van der Waals surface area contributed by atoms with Crippen molar-refractivity contribution >= 4 is 12.4 Å². The summed E-state index contributed by atoms with van der Waals surface area (Å²) in [6, 6.07) is 0. The van der Waals surface area contributed by atoms with Gasteiger partial charge in [-0.3, -0.25) is 5.32 Å². The van der Waals surface area contributed by atoms with Crippen LogP contribution in [0.5, 0.6) is 0 Å². The first-order chi connectivity index (χ1) is 5.81.